The highest BCUT2D eigenvalue weighted by Gasteiger charge is 2.15. The number of H-pyrrole nitrogens is 1. The molecule has 1 heterocycles. The van der Waals surface area contributed by atoms with Crippen LogP contribution in [0.2, 0.25) is 0 Å². The molecule has 0 spiro atoms. The number of hydrogen-bond donors (Lipinski definition) is 2. The van der Waals surface area contributed by atoms with Gasteiger partial charge in [0.2, 0.25) is 0 Å². The zero-order valence-electron chi connectivity index (χ0n) is 9.43. The topological polar surface area (TPSA) is 57.8 Å². The van der Waals surface area contributed by atoms with E-state index in [1.165, 1.54) is 0 Å². The molecule has 0 aliphatic carbocycles. The molecule has 4 nitrogen and oxygen atoms in total. The molecule has 0 aliphatic heterocycles. The number of hydrogen-bond acceptors (Lipinski definition) is 2. The van der Waals surface area contributed by atoms with Gasteiger partial charge in [0.15, 0.2) is 0 Å². The van der Waals surface area contributed by atoms with Gasteiger partial charge in [-0.1, -0.05) is 5.92 Å². The predicted octanol–water partition coefficient (Wildman–Crippen LogP) is 1.23. The van der Waals surface area contributed by atoms with Gasteiger partial charge in [-0.25, -0.2) is 0 Å². The van der Waals surface area contributed by atoms with Gasteiger partial charge in [-0.2, -0.15) is 5.10 Å². The molecular formula is C11H15N3O. The average molecular weight is 205 g/mol. The molecule has 1 rings (SSSR count). The van der Waals surface area contributed by atoms with Crippen molar-refractivity contribution in [2.75, 3.05) is 0 Å². The fourth-order valence-corrected chi connectivity index (χ4v) is 1.62. The third kappa shape index (κ3) is 2.59. The lowest BCUT2D eigenvalue weighted by Crippen LogP contribution is -2.25. The average Bonchev–Trinajstić information content (AvgIpc) is 2.46. The summed E-state index contributed by atoms with van der Waals surface area (Å²) >= 11 is 0. The first-order valence-electron chi connectivity index (χ1n) is 4.81. The van der Waals surface area contributed by atoms with E-state index in [-0.39, 0.29) is 11.9 Å². The summed E-state index contributed by atoms with van der Waals surface area (Å²) in [6.45, 7) is 7.40. The van der Waals surface area contributed by atoms with Gasteiger partial charge in [-0.05, 0) is 33.6 Å². The van der Waals surface area contributed by atoms with Gasteiger partial charge in [0.25, 0.3) is 5.91 Å². The molecule has 0 bridgehead atoms. The Kier molecular flexibility index (Phi) is 3.51. The Morgan fingerprint density at radius 3 is 2.67 bits per heavy atom. The van der Waals surface area contributed by atoms with Crippen molar-refractivity contribution in [3.05, 3.63) is 17.0 Å². The van der Waals surface area contributed by atoms with Crippen molar-refractivity contribution in [1.29, 1.82) is 0 Å². The molecule has 4 heteroatoms. The van der Waals surface area contributed by atoms with Gasteiger partial charge in [-0.15, -0.1) is 0 Å². The largest absolute Gasteiger partial charge is 0.339 e. The Bertz CT molecular complexity index is 403. The Labute approximate surface area is 89.5 Å². The molecule has 1 amide bonds. The monoisotopic (exact) mass is 205 g/mol. The van der Waals surface area contributed by atoms with Crippen molar-refractivity contribution >= 4 is 5.91 Å². The smallest absolute Gasteiger partial charge is 0.296 e. The Morgan fingerprint density at radius 1 is 1.53 bits per heavy atom. The summed E-state index contributed by atoms with van der Waals surface area (Å²) in [7, 11) is 0. The molecular weight excluding hydrogens is 190 g/mol. The van der Waals surface area contributed by atoms with Crippen molar-refractivity contribution in [1.82, 2.24) is 15.5 Å². The second-order valence-corrected chi connectivity index (χ2v) is 3.42. The zero-order valence-corrected chi connectivity index (χ0v) is 9.43. The van der Waals surface area contributed by atoms with E-state index < -0.39 is 0 Å². The summed E-state index contributed by atoms with van der Waals surface area (Å²) in [5, 5.41) is 9.76. The summed E-state index contributed by atoms with van der Waals surface area (Å²) in [5.74, 6) is 4.75. The third-order valence-corrected chi connectivity index (χ3v) is 2.20. The lowest BCUT2D eigenvalue weighted by atomic mass is 10.1. The number of aromatic amines is 1. The van der Waals surface area contributed by atoms with Crippen LogP contribution in [0.5, 0.6) is 0 Å². The van der Waals surface area contributed by atoms with E-state index in [4.69, 9.17) is 0 Å². The van der Waals surface area contributed by atoms with Gasteiger partial charge in [0.1, 0.15) is 0 Å². The first-order valence-corrected chi connectivity index (χ1v) is 4.81. The van der Waals surface area contributed by atoms with Gasteiger partial charge in [0, 0.05) is 11.3 Å². The summed E-state index contributed by atoms with van der Waals surface area (Å²) in [6, 6.07) is -0.0721. The van der Waals surface area contributed by atoms with Crippen LogP contribution in [0, 0.1) is 25.7 Å². The van der Waals surface area contributed by atoms with Crippen molar-refractivity contribution in [3.8, 4) is 11.8 Å². The van der Waals surface area contributed by atoms with Crippen LogP contribution in [0.15, 0.2) is 0 Å². The maximum absolute atomic E-state index is 11.3. The number of rotatable bonds is 2. The summed E-state index contributed by atoms with van der Waals surface area (Å²) in [5.41, 5.74) is 2.91. The number of aryl methyl sites for hydroxylation is 2. The Hall–Kier alpha value is -1.76. The molecule has 0 saturated heterocycles. The highest BCUT2D eigenvalue weighted by Crippen LogP contribution is 2.18. The molecule has 0 saturated carbocycles. The highest BCUT2D eigenvalue weighted by atomic mass is 16.1. The quantitative estimate of drug-likeness (QED) is 0.713. The fraction of sp³-hybridized carbons (Fsp3) is 0.455. The number of nitrogens with one attached hydrogen (secondary N) is 2. The van der Waals surface area contributed by atoms with Crippen LogP contribution in [0.1, 0.15) is 36.8 Å². The molecule has 0 radical (unpaired) electrons. The Morgan fingerprint density at radius 2 is 2.20 bits per heavy atom. The second kappa shape index (κ2) is 4.65. The lowest BCUT2D eigenvalue weighted by Gasteiger charge is -2.11. The molecule has 0 fully saturated rings. The number of aromatic nitrogens is 2. The van der Waals surface area contributed by atoms with Crippen molar-refractivity contribution in [3.63, 3.8) is 0 Å². The summed E-state index contributed by atoms with van der Waals surface area (Å²) in [4.78, 5) is 11.3. The van der Waals surface area contributed by atoms with Crippen molar-refractivity contribution in [2.45, 2.75) is 33.7 Å². The summed E-state index contributed by atoms with van der Waals surface area (Å²) in [6.07, 6.45) is 0. The van der Waals surface area contributed by atoms with Gasteiger partial charge >= 0.3 is 0 Å². The minimum absolute atomic E-state index is 0.0721. The summed E-state index contributed by atoms with van der Waals surface area (Å²) < 4.78 is 0. The van der Waals surface area contributed by atoms with E-state index in [9.17, 15) is 4.79 Å². The highest BCUT2D eigenvalue weighted by molar-refractivity contribution is 5.93. The van der Waals surface area contributed by atoms with E-state index in [1.807, 2.05) is 20.8 Å². The van der Waals surface area contributed by atoms with E-state index in [0.29, 0.717) is 0 Å². The minimum Gasteiger partial charge on any atom is -0.339 e. The van der Waals surface area contributed by atoms with Crippen LogP contribution in [0.4, 0.5) is 0 Å². The molecule has 2 N–H and O–H groups in total. The van der Waals surface area contributed by atoms with E-state index in [1.54, 1.807) is 6.92 Å². The number of nitrogens with zero attached hydrogens (tertiary/aromatic N) is 1. The van der Waals surface area contributed by atoms with Crippen LogP contribution in [-0.2, 0) is 4.79 Å². The Balaban J connectivity index is 2.80. The van der Waals surface area contributed by atoms with E-state index in [0.717, 1.165) is 17.0 Å². The standard InChI is InChI=1S/C11H15N3O/c1-5-6-10(15)12-7(2)11-8(3)13-14-9(11)4/h7H,1-4H3,(H,12,15)(H,13,14). The van der Waals surface area contributed by atoms with Crippen LogP contribution < -0.4 is 5.32 Å². The van der Waals surface area contributed by atoms with Crippen LogP contribution in [0.25, 0.3) is 0 Å². The number of carbonyl (C=O) groups is 1. The maximum Gasteiger partial charge on any atom is 0.296 e. The first kappa shape index (κ1) is 11.3. The molecule has 0 aliphatic rings. The third-order valence-electron chi connectivity index (χ3n) is 2.20. The van der Waals surface area contributed by atoms with Gasteiger partial charge in [0.05, 0.1) is 11.7 Å². The van der Waals surface area contributed by atoms with Gasteiger partial charge in [-0.3, -0.25) is 9.89 Å². The SMILES string of the molecule is CC#CC(=O)NC(C)c1c(C)n[nH]c1C. The molecule has 1 unspecified atom stereocenters. The molecule has 1 atom stereocenters. The van der Waals surface area contributed by atoms with Crippen LogP contribution in [0.3, 0.4) is 0 Å². The molecule has 1 aromatic heterocycles. The van der Waals surface area contributed by atoms with E-state index in [2.05, 4.69) is 27.4 Å². The molecule has 1 aromatic rings. The first-order chi connectivity index (χ1) is 7.06. The molecule has 80 valence electrons. The fourth-order valence-electron chi connectivity index (χ4n) is 1.62. The van der Waals surface area contributed by atoms with Crippen LogP contribution in [-0.4, -0.2) is 16.1 Å². The van der Waals surface area contributed by atoms with Crippen molar-refractivity contribution < 1.29 is 4.79 Å². The number of amides is 1. The van der Waals surface area contributed by atoms with Gasteiger partial charge < -0.3 is 5.32 Å². The molecule has 15 heavy (non-hydrogen) atoms. The van der Waals surface area contributed by atoms with Crippen LogP contribution >= 0.6 is 0 Å². The second-order valence-electron chi connectivity index (χ2n) is 3.42. The van der Waals surface area contributed by atoms with E-state index >= 15 is 0 Å². The van der Waals surface area contributed by atoms with Crippen molar-refractivity contribution in [2.24, 2.45) is 0 Å². The normalized spacial score (nSPS) is 11.5. The number of carbonyl (C=O) groups excluding carboxylic acids is 1. The maximum atomic E-state index is 11.3. The minimum atomic E-state index is -0.259. The lowest BCUT2D eigenvalue weighted by molar-refractivity contribution is -0.116. The zero-order chi connectivity index (χ0) is 11.4. The molecule has 0 aromatic carbocycles. The predicted molar refractivity (Wildman–Crippen MR) is 58.1 cm³/mol.